The second-order valence-electron chi connectivity index (χ2n) is 5.50. The van der Waals surface area contributed by atoms with Crippen molar-refractivity contribution >= 4 is 17.4 Å². The number of rotatable bonds is 7. The Balaban J connectivity index is 2.45. The predicted molar refractivity (Wildman–Crippen MR) is 92.0 cm³/mol. The van der Waals surface area contributed by atoms with Crippen molar-refractivity contribution in [1.29, 1.82) is 0 Å². The second kappa shape index (κ2) is 7.61. The van der Waals surface area contributed by atoms with Crippen molar-refractivity contribution in [3.05, 3.63) is 45.9 Å². The number of imidazole rings is 1. The molecule has 0 spiro atoms. The van der Waals surface area contributed by atoms with E-state index in [1.165, 1.54) is 6.07 Å². The van der Waals surface area contributed by atoms with E-state index in [1.807, 2.05) is 13.1 Å². The van der Waals surface area contributed by atoms with Crippen LogP contribution < -0.4 is 5.32 Å². The van der Waals surface area contributed by atoms with Crippen LogP contribution in [0.5, 0.6) is 0 Å². The molecule has 0 unspecified atom stereocenters. The lowest BCUT2D eigenvalue weighted by Crippen LogP contribution is -2.12. The summed E-state index contributed by atoms with van der Waals surface area (Å²) in [6.45, 7) is 7.82. The third-order valence-corrected chi connectivity index (χ3v) is 4.58. The van der Waals surface area contributed by atoms with Gasteiger partial charge in [-0.25, -0.2) is 4.98 Å². The number of hydrogen-bond acceptors (Lipinski definition) is 5. The Labute approximate surface area is 140 Å². The lowest BCUT2D eigenvalue weighted by Gasteiger charge is -2.11. The van der Waals surface area contributed by atoms with Crippen LogP contribution in [0.2, 0.25) is 0 Å². The fourth-order valence-corrected chi connectivity index (χ4v) is 3.66. The molecular formula is C16H22N4O2S. The topological polar surface area (TPSA) is 73.0 Å². The van der Waals surface area contributed by atoms with Crippen molar-refractivity contribution in [2.24, 2.45) is 0 Å². The van der Waals surface area contributed by atoms with Gasteiger partial charge >= 0.3 is 0 Å². The predicted octanol–water partition coefficient (Wildman–Crippen LogP) is 3.81. The molecule has 0 saturated heterocycles. The number of non-ortho nitro benzene ring substituents is 1. The molecule has 0 amide bonds. The van der Waals surface area contributed by atoms with E-state index in [4.69, 9.17) is 4.98 Å². The summed E-state index contributed by atoms with van der Waals surface area (Å²) in [6, 6.07) is 6.74. The molecule has 7 heteroatoms. The van der Waals surface area contributed by atoms with E-state index in [-0.39, 0.29) is 10.6 Å². The van der Waals surface area contributed by atoms with Crippen molar-refractivity contribution in [2.75, 3.05) is 7.05 Å². The first-order valence-electron chi connectivity index (χ1n) is 7.64. The molecule has 2 rings (SSSR count). The Morgan fingerprint density at radius 1 is 1.43 bits per heavy atom. The third kappa shape index (κ3) is 3.92. The van der Waals surface area contributed by atoms with Gasteiger partial charge < -0.3 is 9.88 Å². The van der Waals surface area contributed by atoms with Crippen LogP contribution in [-0.4, -0.2) is 21.5 Å². The summed E-state index contributed by atoms with van der Waals surface area (Å²) in [6.07, 6.45) is 0. The van der Waals surface area contributed by atoms with E-state index in [1.54, 1.807) is 23.9 Å². The maximum atomic E-state index is 11.0. The standard InChI is InChI=1S/C16H22N4O2S/c1-5-19-14(10-17-4)18-15(11(2)3)16(19)23-13-8-6-7-12(9-13)20(21)22/h6-9,11,17H,5,10H2,1-4H3. The monoisotopic (exact) mass is 334 g/mol. The van der Waals surface area contributed by atoms with Crippen LogP contribution in [0.3, 0.4) is 0 Å². The van der Waals surface area contributed by atoms with Crippen molar-refractivity contribution in [2.45, 2.75) is 49.7 Å². The maximum Gasteiger partial charge on any atom is 0.270 e. The summed E-state index contributed by atoms with van der Waals surface area (Å²) in [7, 11) is 1.90. The molecule has 0 atom stereocenters. The molecule has 1 heterocycles. The molecule has 0 aliphatic heterocycles. The first-order valence-corrected chi connectivity index (χ1v) is 8.45. The Bertz CT molecular complexity index is 697. The van der Waals surface area contributed by atoms with Gasteiger partial charge in [-0.2, -0.15) is 0 Å². The van der Waals surface area contributed by atoms with E-state index in [0.29, 0.717) is 12.5 Å². The highest BCUT2D eigenvalue weighted by atomic mass is 32.2. The van der Waals surface area contributed by atoms with Gasteiger partial charge in [0.2, 0.25) is 0 Å². The molecule has 1 aromatic carbocycles. The average Bonchev–Trinajstić information content (AvgIpc) is 2.85. The molecule has 0 bridgehead atoms. The van der Waals surface area contributed by atoms with Crippen LogP contribution in [0.15, 0.2) is 34.2 Å². The summed E-state index contributed by atoms with van der Waals surface area (Å²) in [5.74, 6) is 1.28. The fraction of sp³-hybridized carbons (Fsp3) is 0.438. The van der Waals surface area contributed by atoms with Gasteiger partial charge in [0, 0.05) is 23.6 Å². The van der Waals surface area contributed by atoms with Crippen LogP contribution in [0.1, 0.15) is 38.2 Å². The largest absolute Gasteiger partial charge is 0.322 e. The summed E-state index contributed by atoms with van der Waals surface area (Å²) in [4.78, 5) is 16.2. The number of hydrogen-bond donors (Lipinski definition) is 1. The quantitative estimate of drug-likeness (QED) is 0.616. The lowest BCUT2D eigenvalue weighted by molar-refractivity contribution is -0.385. The highest BCUT2D eigenvalue weighted by Gasteiger charge is 2.20. The van der Waals surface area contributed by atoms with Crippen LogP contribution in [0, 0.1) is 10.1 Å². The van der Waals surface area contributed by atoms with Gasteiger partial charge in [-0.3, -0.25) is 10.1 Å². The minimum Gasteiger partial charge on any atom is -0.322 e. The van der Waals surface area contributed by atoms with E-state index in [2.05, 4.69) is 30.7 Å². The van der Waals surface area contributed by atoms with Gasteiger partial charge in [-0.1, -0.05) is 31.7 Å². The zero-order valence-corrected chi connectivity index (χ0v) is 14.7. The van der Waals surface area contributed by atoms with Crippen LogP contribution >= 0.6 is 11.8 Å². The number of nitro groups is 1. The molecule has 6 nitrogen and oxygen atoms in total. The highest BCUT2D eigenvalue weighted by molar-refractivity contribution is 7.99. The van der Waals surface area contributed by atoms with Gasteiger partial charge in [0.05, 0.1) is 17.2 Å². The summed E-state index contributed by atoms with van der Waals surface area (Å²) >= 11 is 1.54. The van der Waals surface area contributed by atoms with E-state index < -0.39 is 0 Å². The molecule has 2 aromatic rings. The average molecular weight is 334 g/mol. The fourth-order valence-electron chi connectivity index (χ4n) is 2.38. The molecular weight excluding hydrogens is 312 g/mol. The van der Waals surface area contributed by atoms with E-state index in [9.17, 15) is 10.1 Å². The Hall–Kier alpha value is -1.86. The normalized spacial score (nSPS) is 11.2. The molecule has 1 N–H and O–H groups in total. The van der Waals surface area contributed by atoms with E-state index in [0.717, 1.165) is 28.0 Å². The van der Waals surface area contributed by atoms with Crippen LogP contribution in [0.25, 0.3) is 0 Å². The van der Waals surface area contributed by atoms with Crippen molar-refractivity contribution in [3.8, 4) is 0 Å². The van der Waals surface area contributed by atoms with Gasteiger partial charge in [-0.15, -0.1) is 0 Å². The maximum absolute atomic E-state index is 11.0. The number of benzene rings is 1. The minimum atomic E-state index is -0.364. The van der Waals surface area contributed by atoms with Crippen LogP contribution in [-0.2, 0) is 13.1 Å². The zero-order chi connectivity index (χ0) is 17.0. The van der Waals surface area contributed by atoms with Gasteiger partial charge in [0.25, 0.3) is 5.69 Å². The Morgan fingerprint density at radius 2 is 2.17 bits per heavy atom. The molecule has 0 saturated carbocycles. The van der Waals surface area contributed by atoms with Gasteiger partial charge in [0.15, 0.2) is 0 Å². The SMILES string of the molecule is CCn1c(CNC)nc(C(C)C)c1Sc1cccc([N+](=O)[O-])c1. The molecule has 0 fully saturated rings. The number of aromatic nitrogens is 2. The third-order valence-electron chi connectivity index (χ3n) is 3.47. The first-order chi connectivity index (χ1) is 11.0. The second-order valence-corrected chi connectivity index (χ2v) is 6.57. The molecule has 0 aliphatic rings. The summed E-state index contributed by atoms with van der Waals surface area (Å²) in [5, 5.41) is 15.2. The van der Waals surface area contributed by atoms with Gasteiger partial charge in [-0.05, 0) is 26.0 Å². The molecule has 0 aliphatic carbocycles. The lowest BCUT2D eigenvalue weighted by atomic mass is 10.1. The summed E-state index contributed by atoms with van der Waals surface area (Å²) in [5.41, 5.74) is 1.15. The summed E-state index contributed by atoms with van der Waals surface area (Å²) < 4.78 is 2.18. The smallest absolute Gasteiger partial charge is 0.270 e. The number of nitro benzene ring substituents is 1. The zero-order valence-electron chi connectivity index (χ0n) is 13.9. The minimum absolute atomic E-state index is 0.110. The Morgan fingerprint density at radius 3 is 2.74 bits per heavy atom. The van der Waals surface area contributed by atoms with E-state index >= 15 is 0 Å². The molecule has 0 radical (unpaired) electrons. The Kier molecular flexibility index (Phi) is 5.79. The highest BCUT2D eigenvalue weighted by Crippen LogP contribution is 2.36. The number of nitrogens with one attached hydrogen (secondary N) is 1. The van der Waals surface area contributed by atoms with Crippen molar-refractivity contribution < 1.29 is 4.92 Å². The number of nitrogens with zero attached hydrogens (tertiary/aromatic N) is 3. The molecule has 124 valence electrons. The van der Waals surface area contributed by atoms with Crippen molar-refractivity contribution in [1.82, 2.24) is 14.9 Å². The first kappa shape index (κ1) is 17.5. The molecule has 1 aromatic heterocycles. The van der Waals surface area contributed by atoms with Crippen molar-refractivity contribution in [3.63, 3.8) is 0 Å². The molecule has 23 heavy (non-hydrogen) atoms. The van der Waals surface area contributed by atoms with Crippen LogP contribution in [0.4, 0.5) is 5.69 Å². The van der Waals surface area contributed by atoms with Gasteiger partial charge in [0.1, 0.15) is 10.9 Å².